The lowest BCUT2D eigenvalue weighted by molar-refractivity contribution is -0.126. The first-order valence-corrected chi connectivity index (χ1v) is 10.4. The number of amides is 2. The number of aromatic amines is 1. The molecule has 6 heteroatoms. The number of aromatic nitrogens is 1. The fourth-order valence-electron chi connectivity index (χ4n) is 3.86. The van der Waals surface area contributed by atoms with E-state index in [0.717, 1.165) is 35.7 Å². The van der Waals surface area contributed by atoms with Crippen LogP contribution < -0.4 is 5.32 Å². The van der Waals surface area contributed by atoms with Crippen LogP contribution in [0.5, 0.6) is 0 Å². The Labute approximate surface area is 175 Å². The summed E-state index contributed by atoms with van der Waals surface area (Å²) in [6.45, 7) is 1.72. The Morgan fingerprint density at radius 3 is 2.72 bits per heavy atom. The molecular weight excluding hydrogens is 386 g/mol. The van der Waals surface area contributed by atoms with E-state index in [2.05, 4.69) is 10.3 Å². The molecule has 3 aromatic rings. The first kappa shape index (κ1) is 19.5. The molecule has 0 aliphatic carbocycles. The molecule has 2 amide bonds. The molecule has 0 spiro atoms. The molecule has 0 bridgehead atoms. The van der Waals surface area contributed by atoms with Crippen LogP contribution in [0.4, 0.5) is 0 Å². The van der Waals surface area contributed by atoms with Crippen LogP contribution in [0.25, 0.3) is 10.9 Å². The van der Waals surface area contributed by atoms with Gasteiger partial charge in [0.2, 0.25) is 5.91 Å². The summed E-state index contributed by atoms with van der Waals surface area (Å²) in [5.74, 6) is -0.185. The van der Waals surface area contributed by atoms with E-state index in [1.807, 2.05) is 54.6 Å². The van der Waals surface area contributed by atoms with Crippen molar-refractivity contribution in [1.29, 1.82) is 0 Å². The Hall–Kier alpha value is -2.79. The van der Waals surface area contributed by atoms with Crippen LogP contribution in [0.15, 0.2) is 54.6 Å². The highest BCUT2D eigenvalue weighted by Gasteiger charge is 2.29. The molecule has 0 saturated carbocycles. The maximum atomic E-state index is 12.9. The van der Waals surface area contributed by atoms with Gasteiger partial charge >= 0.3 is 0 Å². The van der Waals surface area contributed by atoms with Crippen LogP contribution in [0, 0.1) is 5.92 Å². The fraction of sp³-hybridized carbons (Fsp3) is 0.304. The molecule has 0 radical (unpaired) electrons. The Kier molecular flexibility index (Phi) is 5.86. The lowest BCUT2D eigenvalue weighted by atomic mass is 9.96. The normalized spacial score (nSPS) is 16.7. The Morgan fingerprint density at radius 2 is 1.93 bits per heavy atom. The number of carbonyl (C=O) groups excluding carboxylic acids is 2. The van der Waals surface area contributed by atoms with Crippen molar-refractivity contribution in [2.45, 2.75) is 19.3 Å². The third kappa shape index (κ3) is 4.62. The Morgan fingerprint density at radius 1 is 1.14 bits per heavy atom. The molecule has 2 N–H and O–H groups in total. The lowest BCUT2D eigenvalue weighted by Gasteiger charge is -2.31. The van der Waals surface area contributed by atoms with Gasteiger partial charge in [-0.3, -0.25) is 9.59 Å². The van der Waals surface area contributed by atoms with E-state index in [0.29, 0.717) is 30.4 Å². The monoisotopic (exact) mass is 409 g/mol. The van der Waals surface area contributed by atoms with E-state index in [1.165, 1.54) is 0 Å². The molecule has 1 aliphatic rings. The number of carbonyl (C=O) groups is 2. The van der Waals surface area contributed by atoms with Gasteiger partial charge in [0.05, 0.1) is 5.92 Å². The van der Waals surface area contributed by atoms with Gasteiger partial charge in [-0.15, -0.1) is 0 Å². The smallest absolute Gasteiger partial charge is 0.270 e. The first-order valence-electron chi connectivity index (χ1n) is 9.99. The molecule has 2 aromatic carbocycles. The fourth-order valence-corrected chi connectivity index (χ4v) is 3.99. The van der Waals surface area contributed by atoms with Gasteiger partial charge in [-0.05, 0) is 49.1 Å². The van der Waals surface area contributed by atoms with Gasteiger partial charge in [0.15, 0.2) is 0 Å². The number of benzene rings is 2. The van der Waals surface area contributed by atoms with Crippen molar-refractivity contribution in [1.82, 2.24) is 15.2 Å². The zero-order chi connectivity index (χ0) is 20.2. The lowest BCUT2D eigenvalue weighted by Crippen LogP contribution is -2.45. The SMILES string of the molecule is O=C(NCCc1ccc(Cl)cc1)C1CCCN(C(=O)c2cc3ccccc3[nH]2)C1. The summed E-state index contributed by atoms with van der Waals surface area (Å²) >= 11 is 5.90. The summed E-state index contributed by atoms with van der Waals surface area (Å²) < 4.78 is 0. The minimum absolute atomic E-state index is 0.0214. The van der Waals surface area contributed by atoms with Crippen molar-refractivity contribution in [3.05, 3.63) is 70.9 Å². The molecule has 1 saturated heterocycles. The molecule has 29 heavy (non-hydrogen) atoms. The highest BCUT2D eigenvalue weighted by Crippen LogP contribution is 2.21. The number of halogens is 1. The highest BCUT2D eigenvalue weighted by atomic mass is 35.5. The van der Waals surface area contributed by atoms with Crippen molar-refractivity contribution in [3.63, 3.8) is 0 Å². The molecule has 150 valence electrons. The van der Waals surface area contributed by atoms with Crippen molar-refractivity contribution in [2.75, 3.05) is 19.6 Å². The summed E-state index contributed by atoms with van der Waals surface area (Å²) in [5.41, 5.74) is 2.66. The number of rotatable bonds is 5. The number of hydrogen-bond donors (Lipinski definition) is 2. The van der Waals surface area contributed by atoms with Crippen LogP contribution in [-0.4, -0.2) is 41.3 Å². The zero-order valence-electron chi connectivity index (χ0n) is 16.2. The molecule has 2 heterocycles. The van der Waals surface area contributed by atoms with Crippen LogP contribution in [0.1, 0.15) is 28.9 Å². The molecule has 1 aromatic heterocycles. The summed E-state index contributed by atoms with van der Waals surface area (Å²) in [5, 5.41) is 4.74. The molecule has 1 atom stereocenters. The maximum absolute atomic E-state index is 12.9. The van der Waals surface area contributed by atoms with E-state index < -0.39 is 0 Å². The van der Waals surface area contributed by atoms with Crippen LogP contribution in [0.2, 0.25) is 5.02 Å². The minimum Gasteiger partial charge on any atom is -0.355 e. The number of nitrogens with zero attached hydrogens (tertiary/aromatic N) is 1. The van der Waals surface area contributed by atoms with Crippen LogP contribution in [-0.2, 0) is 11.2 Å². The quantitative estimate of drug-likeness (QED) is 0.668. The predicted molar refractivity (Wildman–Crippen MR) is 115 cm³/mol. The van der Waals surface area contributed by atoms with Crippen molar-refractivity contribution in [2.24, 2.45) is 5.92 Å². The van der Waals surface area contributed by atoms with Crippen molar-refractivity contribution >= 4 is 34.3 Å². The van der Waals surface area contributed by atoms with Gasteiger partial charge in [0.25, 0.3) is 5.91 Å². The van der Waals surface area contributed by atoms with E-state index in [1.54, 1.807) is 4.90 Å². The molecular formula is C23H24ClN3O2. The molecule has 5 nitrogen and oxygen atoms in total. The number of para-hydroxylation sites is 1. The summed E-state index contributed by atoms with van der Waals surface area (Å²) in [4.78, 5) is 30.5. The highest BCUT2D eigenvalue weighted by molar-refractivity contribution is 6.30. The molecule has 1 fully saturated rings. The Bertz CT molecular complexity index is 979. The van der Waals surface area contributed by atoms with Gasteiger partial charge in [-0.2, -0.15) is 0 Å². The summed E-state index contributed by atoms with van der Waals surface area (Å²) in [6, 6.07) is 17.4. The average Bonchev–Trinajstić information content (AvgIpc) is 3.19. The second-order valence-corrected chi connectivity index (χ2v) is 7.96. The number of piperidine rings is 1. The first-order chi connectivity index (χ1) is 14.1. The standard InChI is InChI=1S/C23H24ClN3O2/c24-19-9-7-16(8-10-19)11-12-25-22(28)18-5-3-13-27(15-18)23(29)21-14-17-4-1-2-6-20(17)26-21/h1-2,4,6-10,14,18,26H,3,5,11-13,15H2,(H,25,28). The third-order valence-corrected chi connectivity index (χ3v) is 5.72. The number of hydrogen-bond acceptors (Lipinski definition) is 2. The topological polar surface area (TPSA) is 65.2 Å². The van der Waals surface area contributed by atoms with Gasteiger partial charge in [0, 0.05) is 35.6 Å². The zero-order valence-corrected chi connectivity index (χ0v) is 16.9. The van der Waals surface area contributed by atoms with Crippen LogP contribution >= 0.6 is 11.6 Å². The van der Waals surface area contributed by atoms with E-state index in [9.17, 15) is 9.59 Å². The van der Waals surface area contributed by atoms with Gasteiger partial charge < -0.3 is 15.2 Å². The van der Waals surface area contributed by atoms with Gasteiger partial charge in [-0.25, -0.2) is 0 Å². The molecule has 4 rings (SSSR count). The van der Waals surface area contributed by atoms with Crippen molar-refractivity contribution < 1.29 is 9.59 Å². The minimum atomic E-state index is -0.165. The third-order valence-electron chi connectivity index (χ3n) is 5.47. The van der Waals surface area contributed by atoms with Gasteiger partial charge in [-0.1, -0.05) is 41.9 Å². The van der Waals surface area contributed by atoms with Crippen molar-refractivity contribution in [3.8, 4) is 0 Å². The average molecular weight is 410 g/mol. The molecule has 1 unspecified atom stereocenters. The summed E-state index contributed by atoms with van der Waals surface area (Å²) in [7, 11) is 0. The summed E-state index contributed by atoms with van der Waals surface area (Å²) in [6.07, 6.45) is 2.40. The second-order valence-electron chi connectivity index (χ2n) is 7.53. The second kappa shape index (κ2) is 8.70. The maximum Gasteiger partial charge on any atom is 0.270 e. The van der Waals surface area contributed by atoms with E-state index in [-0.39, 0.29) is 17.7 Å². The number of fused-ring (bicyclic) bond motifs is 1. The Balaban J connectivity index is 1.32. The van der Waals surface area contributed by atoms with Gasteiger partial charge in [0.1, 0.15) is 5.69 Å². The largest absolute Gasteiger partial charge is 0.355 e. The van der Waals surface area contributed by atoms with Crippen LogP contribution in [0.3, 0.4) is 0 Å². The number of likely N-dealkylation sites (tertiary alicyclic amines) is 1. The number of H-pyrrole nitrogens is 1. The van der Waals surface area contributed by atoms with E-state index in [4.69, 9.17) is 11.6 Å². The number of nitrogens with one attached hydrogen (secondary N) is 2. The predicted octanol–water partition coefficient (Wildman–Crippen LogP) is 4.03. The van der Waals surface area contributed by atoms with E-state index >= 15 is 0 Å². The molecule has 1 aliphatic heterocycles.